The Hall–Kier alpha value is -2.91. The zero-order valence-corrected chi connectivity index (χ0v) is 16.3. The second kappa shape index (κ2) is 8.41. The molecular weight excluding hydrogens is 380 g/mol. The number of anilines is 2. The number of hydrazine groups is 1. The fourth-order valence-corrected chi connectivity index (χ4v) is 3.95. The van der Waals surface area contributed by atoms with Crippen molar-refractivity contribution in [3.63, 3.8) is 0 Å². The van der Waals surface area contributed by atoms with Crippen LogP contribution in [0.15, 0.2) is 53.4 Å². The van der Waals surface area contributed by atoms with E-state index in [1.54, 1.807) is 0 Å². The number of fused-ring (bicyclic) bond motifs is 1. The summed E-state index contributed by atoms with van der Waals surface area (Å²) >= 11 is 0. The maximum Gasteiger partial charge on any atom is 0.257 e. The van der Waals surface area contributed by atoms with Crippen molar-refractivity contribution in [2.75, 3.05) is 23.3 Å². The van der Waals surface area contributed by atoms with Crippen molar-refractivity contribution in [1.29, 1.82) is 0 Å². The third-order valence-electron chi connectivity index (χ3n) is 4.35. The molecule has 0 fully saturated rings. The molecule has 28 heavy (non-hydrogen) atoms. The first kappa shape index (κ1) is 19.8. The summed E-state index contributed by atoms with van der Waals surface area (Å²) in [5, 5.41) is 2.56. The number of sulfonamides is 1. The minimum absolute atomic E-state index is 0.0229. The van der Waals surface area contributed by atoms with E-state index in [0.717, 1.165) is 25.1 Å². The Morgan fingerprint density at radius 2 is 1.79 bits per heavy atom. The number of hydrogen-bond donors (Lipinski definition) is 3. The number of nitrogens with zero attached hydrogens (tertiary/aromatic N) is 1. The third kappa shape index (κ3) is 4.87. The first-order valence-electron chi connectivity index (χ1n) is 8.86. The van der Waals surface area contributed by atoms with E-state index >= 15 is 0 Å². The van der Waals surface area contributed by atoms with Gasteiger partial charge in [-0.1, -0.05) is 18.2 Å². The monoisotopic (exact) mass is 402 g/mol. The summed E-state index contributed by atoms with van der Waals surface area (Å²) in [7, 11) is -3.92. The summed E-state index contributed by atoms with van der Waals surface area (Å²) in [5.41, 5.74) is 4.93. The topological polar surface area (TPSA) is 108 Å². The van der Waals surface area contributed by atoms with Crippen molar-refractivity contribution in [2.45, 2.75) is 24.7 Å². The van der Waals surface area contributed by atoms with Crippen LogP contribution in [-0.4, -0.2) is 33.3 Å². The van der Waals surface area contributed by atoms with E-state index in [-0.39, 0.29) is 17.3 Å². The Morgan fingerprint density at radius 3 is 2.50 bits per heavy atom. The molecule has 0 bridgehead atoms. The molecule has 0 atom stereocenters. The van der Waals surface area contributed by atoms with Gasteiger partial charge in [0.05, 0.1) is 11.4 Å². The van der Waals surface area contributed by atoms with Gasteiger partial charge < -0.3 is 10.2 Å². The van der Waals surface area contributed by atoms with Crippen molar-refractivity contribution < 1.29 is 18.0 Å². The van der Waals surface area contributed by atoms with Crippen molar-refractivity contribution in [1.82, 2.24) is 10.3 Å². The molecule has 2 aromatic rings. The van der Waals surface area contributed by atoms with Gasteiger partial charge in [0.1, 0.15) is 0 Å². The Balaban J connectivity index is 1.59. The van der Waals surface area contributed by atoms with Gasteiger partial charge in [0.15, 0.2) is 0 Å². The van der Waals surface area contributed by atoms with E-state index in [4.69, 9.17) is 0 Å². The molecule has 3 N–H and O–H groups in total. The van der Waals surface area contributed by atoms with Crippen LogP contribution in [0.4, 0.5) is 11.4 Å². The largest absolute Gasteiger partial charge is 0.362 e. The van der Waals surface area contributed by atoms with Crippen LogP contribution in [0.2, 0.25) is 0 Å². The van der Waals surface area contributed by atoms with Gasteiger partial charge in [-0.25, -0.2) is 8.42 Å². The first-order valence-corrected chi connectivity index (χ1v) is 10.3. The highest BCUT2D eigenvalue weighted by Crippen LogP contribution is 2.26. The molecule has 1 heterocycles. The molecule has 1 aliphatic heterocycles. The summed E-state index contributed by atoms with van der Waals surface area (Å²) in [6.07, 6.45) is 1.91. The molecule has 0 radical (unpaired) electrons. The number of carbonyl (C=O) groups is 2. The number of rotatable bonds is 6. The molecule has 0 aromatic heterocycles. The predicted octanol–water partition coefficient (Wildman–Crippen LogP) is 1.41. The molecule has 0 spiro atoms. The Bertz CT molecular complexity index is 974. The van der Waals surface area contributed by atoms with Gasteiger partial charge in [0.2, 0.25) is 5.91 Å². The molecule has 3 rings (SSSR count). The molecule has 8 nitrogen and oxygen atoms in total. The summed E-state index contributed by atoms with van der Waals surface area (Å²) in [5.74, 6) is -0.699. The smallest absolute Gasteiger partial charge is 0.257 e. The van der Waals surface area contributed by atoms with E-state index < -0.39 is 15.9 Å². The summed E-state index contributed by atoms with van der Waals surface area (Å²) in [6.45, 7) is 2.16. The van der Waals surface area contributed by atoms with Crippen LogP contribution in [0.1, 0.15) is 18.9 Å². The molecule has 1 aliphatic rings. The van der Waals surface area contributed by atoms with Gasteiger partial charge in [0, 0.05) is 24.8 Å². The number of carbonyl (C=O) groups excluding carboxylic acids is 2. The molecule has 0 aliphatic carbocycles. The number of nitrogens with one attached hydrogen (secondary N) is 3. The lowest BCUT2D eigenvalue weighted by molar-refractivity contribution is -0.120. The third-order valence-corrected chi connectivity index (χ3v) is 5.61. The maximum absolute atomic E-state index is 12.3. The zero-order chi connectivity index (χ0) is 20.1. The molecule has 0 saturated heterocycles. The van der Waals surface area contributed by atoms with Gasteiger partial charge in [-0.05, 0) is 48.7 Å². The lowest BCUT2D eigenvalue weighted by Gasteiger charge is -2.30. The zero-order valence-electron chi connectivity index (χ0n) is 15.4. The van der Waals surface area contributed by atoms with Crippen LogP contribution >= 0.6 is 0 Å². The molecule has 0 saturated carbocycles. The van der Waals surface area contributed by atoms with Crippen LogP contribution in [0.3, 0.4) is 0 Å². The first-order chi connectivity index (χ1) is 13.3. The Morgan fingerprint density at radius 1 is 1.07 bits per heavy atom. The van der Waals surface area contributed by atoms with Crippen LogP contribution in [-0.2, 0) is 26.0 Å². The second-order valence-electron chi connectivity index (χ2n) is 6.51. The lowest BCUT2D eigenvalue weighted by atomic mass is 10.0. The highest BCUT2D eigenvalue weighted by Gasteiger charge is 2.20. The number of amides is 2. The number of benzene rings is 2. The summed E-state index contributed by atoms with van der Waals surface area (Å²) < 4.78 is 24.7. The molecular formula is C19H22N4O4S. The van der Waals surface area contributed by atoms with Crippen molar-refractivity contribution in [3.8, 4) is 0 Å². The predicted molar refractivity (Wildman–Crippen MR) is 106 cm³/mol. The quantitative estimate of drug-likeness (QED) is 0.633. The molecule has 2 aromatic carbocycles. The fraction of sp³-hybridized carbons (Fsp3) is 0.263. The van der Waals surface area contributed by atoms with Crippen molar-refractivity contribution in [2.24, 2.45) is 0 Å². The van der Waals surface area contributed by atoms with Gasteiger partial charge in [-0.2, -0.15) is 0 Å². The average Bonchev–Trinajstić information content (AvgIpc) is 2.67. The Labute approximate surface area is 164 Å². The molecule has 2 amide bonds. The van der Waals surface area contributed by atoms with Crippen LogP contribution in [0.25, 0.3) is 0 Å². The molecule has 0 unspecified atom stereocenters. The minimum Gasteiger partial charge on any atom is -0.362 e. The van der Waals surface area contributed by atoms with E-state index in [1.165, 1.54) is 36.8 Å². The number of para-hydroxylation sites is 1. The van der Waals surface area contributed by atoms with Gasteiger partial charge >= 0.3 is 0 Å². The van der Waals surface area contributed by atoms with Gasteiger partial charge in [-0.15, -0.1) is 4.83 Å². The standard InChI is InChI=1S/C19H22N4O4S/c1-14(24)20-16-8-10-17(11-9-16)28(26,27)22-21-19(25)13-23-12-4-6-15-5-2-3-7-18(15)23/h2-3,5,7-11,22H,4,6,12-13H2,1H3,(H,20,24)(H,21,25). The fourth-order valence-electron chi connectivity index (χ4n) is 3.09. The van der Waals surface area contributed by atoms with Gasteiger partial charge in [0.25, 0.3) is 15.9 Å². The Kier molecular flexibility index (Phi) is 5.96. The van der Waals surface area contributed by atoms with E-state index in [9.17, 15) is 18.0 Å². The summed E-state index contributed by atoms with van der Waals surface area (Å²) in [6, 6.07) is 13.5. The number of aryl methyl sites for hydroxylation is 1. The van der Waals surface area contributed by atoms with Crippen LogP contribution in [0.5, 0.6) is 0 Å². The molecule has 9 heteroatoms. The molecule has 148 valence electrons. The second-order valence-corrected chi connectivity index (χ2v) is 8.20. The van der Waals surface area contributed by atoms with E-state index in [2.05, 4.69) is 15.6 Å². The normalized spacial score (nSPS) is 13.5. The average molecular weight is 402 g/mol. The SMILES string of the molecule is CC(=O)Nc1ccc(S(=O)(=O)NNC(=O)CN2CCCc3ccccc32)cc1. The van der Waals surface area contributed by atoms with Crippen molar-refractivity contribution in [3.05, 3.63) is 54.1 Å². The highest BCUT2D eigenvalue weighted by atomic mass is 32.2. The summed E-state index contributed by atoms with van der Waals surface area (Å²) in [4.78, 5) is 27.3. The van der Waals surface area contributed by atoms with E-state index in [1.807, 2.05) is 29.2 Å². The van der Waals surface area contributed by atoms with Crippen LogP contribution < -0.4 is 20.5 Å². The lowest BCUT2D eigenvalue weighted by Crippen LogP contribution is -2.47. The van der Waals surface area contributed by atoms with Crippen molar-refractivity contribution >= 4 is 33.2 Å². The highest BCUT2D eigenvalue weighted by molar-refractivity contribution is 7.89. The van der Waals surface area contributed by atoms with Gasteiger partial charge in [-0.3, -0.25) is 15.0 Å². The van der Waals surface area contributed by atoms with E-state index in [0.29, 0.717) is 5.69 Å². The maximum atomic E-state index is 12.3. The minimum atomic E-state index is -3.92. The van der Waals surface area contributed by atoms with Crippen LogP contribution in [0, 0.1) is 0 Å². The number of hydrogen-bond acceptors (Lipinski definition) is 5.